The van der Waals surface area contributed by atoms with Crippen molar-refractivity contribution in [2.24, 2.45) is 5.92 Å². The highest BCUT2D eigenvalue weighted by molar-refractivity contribution is 5.91. The Balaban J connectivity index is 1.19. The lowest BCUT2D eigenvalue weighted by Gasteiger charge is -2.36. The zero-order valence-electron chi connectivity index (χ0n) is 22.8. The number of hydrogen-bond acceptors (Lipinski definition) is 4. The van der Waals surface area contributed by atoms with Gasteiger partial charge in [0.2, 0.25) is 5.91 Å². The first kappa shape index (κ1) is 26.1. The lowest BCUT2D eigenvalue weighted by atomic mass is 10.1. The third kappa shape index (κ3) is 5.82. The zero-order valence-corrected chi connectivity index (χ0v) is 22.8. The van der Waals surface area contributed by atoms with Crippen LogP contribution in [0.5, 0.6) is 0 Å². The molecule has 2 aliphatic rings. The number of aryl methyl sites for hydroxylation is 1. The van der Waals surface area contributed by atoms with Gasteiger partial charge in [-0.2, -0.15) is 0 Å². The summed E-state index contributed by atoms with van der Waals surface area (Å²) in [5, 5.41) is 0. The number of furan rings is 1. The third-order valence-corrected chi connectivity index (χ3v) is 8.01. The molecule has 1 saturated carbocycles. The van der Waals surface area contributed by atoms with Gasteiger partial charge in [-0.15, -0.1) is 0 Å². The Morgan fingerprint density at radius 1 is 0.974 bits per heavy atom. The van der Waals surface area contributed by atoms with Crippen molar-refractivity contribution < 1.29 is 14.0 Å². The van der Waals surface area contributed by atoms with Gasteiger partial charge < -0.3 is 23.7 Å². The second-order valence-corrected chi connectivity index (χ2v) is 10.7. The molecule has 0 spiro atoms. The van der Waals surface area contributed by atoms with Crippen molar-refractivity contribution in [3.63, 3.8) is 0 Å². The topological polar surface area (TPSA) is 61.9 Å². The molecule has 0 radical (unpaired) electrons. The van der Waals surface area contributed by atoms with Gasteiger partial charge in [-0.1, -0.05) is 38.0 Å². The predicted molar refractivity (Wildman–Crippen MR) is 149 cm³/mol. The van der Waals surface area contributed by atoms with Gasteiger partial charge in [0.05, 0.1) is 13.1 Å². The highest BCUT2D eigenvalue weighted by Gasteiger charge is 2.28. The van der Waals surface area contributed by atoms with Crippen molar-refractivity contribution in [1.82, 2.24) is 14.4 Å². The molecule has 0 bridgehead atoms. The Morgan fingerprint density at radius 2 is 1.74 bits per heavy atom. The van der Waals surface area contributed by atoms with E-state index in [4.69, 9.17) is 4.42 Å². The molecule has 7 nitrogen and oxygen atoms in total. The Kier molecular flexibility index (Phi) is 8.20. The van der Waals surface area contributed by atoms with Crippen LogP contribution in [0.4, 0.5) is 5.69 Å². The van der Waals surface area contributed by atoms with E-state index in [2.05, 4.69) is 53.6 Å². The van der Waals surface area contributed by atoms with E-state index in [1.54, 1.807) is 6.07 Å². The molecule has 38 heavy (non-hydrogen) atoms. The van der Waals surface area contributed by atoms with Crippen LogP contribution in [0, 0.1) is 12.8 Å². The quantitative estimate of drug-likeness (QED) is 0.386. The van der Waals surface area contributed by atoms with Crippen LogP contribution in [-0.4, -0.2) is 58.9 Å². The van der Waals surface area contributed by atoms with Crippen LogP contribution in [0.1, 0.15) is 66.6 Å². The average Bonchev–Trinajstić information content (AvgIpc) is 3.72. The van der Waals surface area contributed by atoms with Gasteiger partial charge in [0.15, 0.2) is 5.76 Å². The summed E-state index contributed by atoms with van der Waals surface area (Å²) in [6.07, 6.45) is 7.33. The van der Waals surface area contributed by atoms with Crippen LogP contribution in [-0.2, 0) is 17.9 Å². The Labute approximate surface area is 226 Å². The van der Waals surface area contributed by atoms with Crippen LogP contribution in [0.3, 0.4) is 0 Å². The van der Waals surface area contributed by atoms with Gasteiger partial charge in [0, 0.05) is 56.2 Å². The monoisotopic (exact) mass is 516 g/mol. The number of nitrogens with zero attached hydrogens (tertiary/aromatic N) is 4. The molecule has 3 aromatic rings. The van der Waals surface area contributed by atoms with Crippen LogP contribution in [0.15, 0.2) is 59.1 Å². The number of para-hydroxylation sites is 1. The van der Waals surface area contributed by atoms with E-state index in [0.29, 0.717) is 37.8 Å². The molecule has 1 saturated heterocycles. The molecule has 2 fully saturated rings. The highest BCUT2D eigenvalue weighted by Crippen LogP contribution is 2.27. The van der Waals surface area contributed by atoms with Gasteiger partial charge in [0.25, 0.3) is 5.91 Å². The molecule has 202 valence electrons. The molecule has 2 amide bonds. The van der Waals surface area contributed by atoms with Crippen LogP contribution in [0.2, 0.25) is 0 Å². The van der Waals surface area contributed by atoms with Crippen molar-refractivity contribution in [2.45, 2.75) is 59.0 Å². The Bertz CT molecular complexity index is 1230. The molecule has 0 unspecified atom stereocenters. The Morgan fingerprint density at radius 3 is 2.47 bits per heavy atom. The molecule has 0 N–H and O–H groups in total. The maximum Gasteiger partial charge on any atom is 0.289 e. The smallest absolute Gasteiger partial charge is 0.289 e. The molecular weight excluding hydrogens is 476 g/mol. The first-order valence-corrected chi connectivity index (χ1v) is 14.1. The summed E-state index contributed by atoms with van der Waals surface area (Å²) in [5.74, 6) is 1.56. The largest absolute Gasteiger partial charge is 0.454 e. The first-order chi connectivity index (χ1) is 18.5. The van der Waals surface area contributed by atoms with E-state index in [9.17, 15) is 9.59 Å². The summed E-state index contributed by atoms with van der Waals surface area (Å²) in [4.78, 5) is 32.6. The van der Waals surface area contributed by atoms with Crippen LogP contribution < -0.4 is 4.90 Å². The van der Waals surface area contributed by atoms with Crippen molar-refractivity contribution in [3.8, 4) is 0 Å². The van der Waals surface area contributed by atoms with E-state index in [1.165, 1.54) is 11.3 Å². The number of piperazine rings is 1. The number of anilines is 1. The maximum atomic E-state index is 13.2. The van der Waals surface area contributed by atoms with Gasteiger partial charge >= 0.3 is 0 Å². The highest BCUT2D eigenvalue weighted by atomic mass is 16.4. The maximum absolute atomic E-state index is 13.2. The Hall–Kier alpha value is -3.48. The molecule has 0 atom stereocenters. The fourth-order valence-electron chi connectivity index (χ4n) is 5.88. The number of aromatic nitrogens is 1. The minimum Gasteiger partial charge on any atom is -0.454 e. The van der Waals surface area contributed by atoms with Crippen molar-refractivity contribution in [1.29, 1.82) is 0 Å². The number of carbonyl (C=O) groups excluding carboxylic acids is 2. The lowest BCUT2D eigenvalue weighted by Crippen LogP contribution is -2.48. The first-order valence-electron chi connectivity index (χ1n) is 14.1. The van der Waals surface area contributed by atoms with E-state index in [0.717, 1.165) is 63.2 Å². The summed E-state index contributed by atoms with van der Waals surface area (Å²) in [7, 11) is 0. The minimum absolute atomic E-state index is 0.0512. The number of hydrogen-bond donors (Lipinski definition) is 0. The van der Waals surface area contributed by atoms with Crippen molar-refractivity contribution in [3.05, 3.63) is 77.5 Å². The van der Waals surface area contributed by atoms with Crippen molar-refractivity contribution >= 4 is 17.5 Å². The number of carbonyl (C=O) groups is 2. The van der Waals surface area contributed by atoms with Gasteiger partial charge in [-0.05, 0) is 62.1 Å². The second kappa shape index (κ2) is 11.9. The fourth-order valence-corrected chi connectivity index (χ4v) is 5.88. The zero-order chi connectivity index (χ0) is 26.5. The molecule has 1 aromatic carbocycles. The van der Waals surface area contributed by atoms with Crippen LogP contribution in [0.25, 0.3) is 0 Å². The lowest BCUT2D eigenvalue weighted by molar-refractivity contribution is -0.136. The molecule has 2 aromatic heterocycles. The molecular formula is C31H40N4O3. The SMILES string of the molecule is CCCN(Cc1cccn1Cc1ccc(C(=O)N2CCN(c3ccccc3C)CC2)o1)C(=O)C1CCCC1. The van der Waals surface area contributed by atoms with Crippen LogP contribution >= 0.6 is 0 Å². The van der Waals surface area contributed by atoms with E-state index < -0.39 is 0 Å². The molecule has 1 aliphatic heterocycles. The summed E-state index contributed by atoms with van der Waals surface area (Å²) < 4.78 is 8.16. The number of amides is 2. The van der Waals surface area contributed by atoms with E-state index in [1.807, 2.05) is 28.1 Å². The second-order valence-electron chi connectivity index (χ2n) is 10.7. The predicted octanol–water partition coefficient (Wildman–Crippen LogP) is 5.33. The summed E-state index contributed by atoms with van der Waals surface area (Å²) in [6.45, 7) is 9.13. The summed E-state index contributed by atoms with van der Waals surface area (Å²) in [6, 6.07) is 16.2. The van der Waals surface area contributed by atoms with E-state index >= 15 is 0 Å². The number of benzene rings is 1. The van der Waals surface area contributed by atoms with Gasteiger partial charge in [-0.3, -0.25) is 9.59 Å². The molecule has 5 rings (SSSR count). The molecule has 7 heteroatoms. The molecule has 3 heterocycles. The standard InChI is InChI=1S/C31H40N4O3/c1-3-16-35(30(36)25-10-5-6-11-25)22-26-12-8-17-34(26)23-27-14-15-29(38-27)31(37)33-20-18-32(19-21-33)28-13-7-4-9-24(28)2/h4,7-9,12-15,17,25H,3,5-6,10-11,16,18-23H2,1-2H3. The number of rotatable bonds is 9. The normalized spacial score (nSPS) is 16.3. The fraction of sp³-hybridized carbons (Fsp3) is 0.484. The summed E-state index contributed by atoms with van der Waals surface area (Å²) in [5.41, 5.74) is 3.58. The van der Waals surface area contributed by atoms with E-state index in [-0.39, 0.29) is 11.8 Å². The average molecular weight is 517 g/mol. The minimum atomic E-state index is -0.0512. The third-order valence-electron chi connectivity index (χ3n) is 8.01. The molecule has 1 aliphatic carbocycles. The summed E-state index contributed by atoms with van der Waals surface area (Å²) >= 11 is 0. The van der Waals surface area contributed by atoms with Gasteiger partial charge in [-0.25, -0.2) is 0 Å². The van der Waals surface area contributed by atoms with Gasteiger partial charge in [0.1, 0.15) is 5.76 Å². The van der Waals surface area contributed by atoms with Crippen molar-refractivity contribution in [2.75, 3.05) is 37.6 Å².